The summed E-state index contributed by atoms with van der Waals surface area (Å²) < 4.78 is 45.1. The normalized spacial score (nSPS) is 10.9. The van der Waals surface area contributed by atoms with Gasteiger partial charge in [0.15, 0.2) is 11.6 Å². The maximum absolute atomic E-state index is 14.6. The minimum Gasteiger partial charge on any atom is -0.494 e. The first-order chi connectivity index (χ1) is 15.6. The van der Waals surface area contributed by atoms with Gasteiger partial charge in [0.05, 0.1) is 13.2 Å². The van der Waals surface area contributed by atoms with Crippen LogP contribution in [0.25, 0.3) is 22.3 Å². The Bertz CT molecular complexity index is 969. The van der Waals surface area contributed by atoms with Crippen molar-refractivity contribution < 1.29 is 23.0 Å². The van der Waals surface area contributed by atoms with E-state index >= 15 is 0 Å². The minimum absolute atomic E-state index is 0.0441. The van der Waals surface area contributed by atoms with Crippen LogP contribution in [0, 0.1) is 11.6 Å². The predicted molar refractivity (Wildman–Crippen MR) is 124 cm³/mol. The third kappa shape index (κ3) is 6.30. The topological polar surface area (TPSA) is 27.7 Å². The Labute approximate surface area is 189 Å². The summed E-state index contributed by atoms with van der Waals surface area (Å²) in [4.78, 5) is 0. The number of benzene rings is 3. The van der Waals surface area contributed by atoms with Crippen molar-refractivity contribution in [3.8, 4) is 33.8 Å². The Morgan fingerprint density at radius 1 is 0.625 bits per heavy atom. The zero-order valence-electron chi connectivity index (χ0n) is 18.7. The molecule has 0 bridgehead atoms. The van der Waals surface area contributed by atoms with E-state index in [4.69, 9.17) is 14.2 Å². The molecule has 3 rings (SSSR count). The molecule has 3 aromatic carbocycles. The second-order valence-corrected chi connectivity index (χ2v) is 7.59. The predicted octanol–water partition coefficient (Wildman–Crippen LogP) is 7.28. The summed E-state index contributed by atoms with van der Waals surface area (Å²) in [6, 6.07) is 18.3. The fourth-order valence-electron chi connectivity index (χ4n) is 3.32. The van der Waals surface area contributed by atoms with Gasteiger partial charge >= 0.3 is 0 Å². The van der Waals surface area contributed by atoms with Gasteiger partial charge < -0.3 is 14.2 Å². The quantitative estimate of drug-likeness (QED) is 0.277. The van der Waals surface area contributed by atoms with Crippen molar-refractivity contribution in [2.45, 2.75) is 32.6 Å². The van der Waals surface area contributed by atoms with Crippen molar-refractivity contribution >= 4 is 0 Å². The molecule has 0 saturated carbocycles. The van der Waals surface area contributed by atoms with Gasteiger partial charge in [-0.3, -0.25) is 0 Å². The zero-order valence-corrected chi connectivity index (χ0v) is 18.7. The first kappa shape index (κ1) is 23.7. The van der Waals surface area contributed by atoms with Gasteiger partial charge in [0.1, 0.15) is 5.75 Å². The summed E-state index contributed by atoms with van der Waals surface area (Å²) >= 11 is 0. The Morgan fingerprint density at radius 2 is 1.22 bits per heavy atom. The Hall–Kier alpha value is -2.92. The van der Waals surface area contributed by atoms with Crippen LogP contribution in [-0.2, 0) is 4.74 Å². The standard InChI is InChI=1S/C27H30F2O3/c1-3-4-18-32-25-16-15-24(26(28)27(25)29)22-9-7-20(8-10-22)21-11-13-23(14-12-21)31-19-6-5-17-30-2/h7-16H,3-6,17-19H2,1-2H3. The van der Waals surface area contributed by atoms with Crippen LogP contribution in [0.15, 0.2) is 60.7 Å². The maximum atomic E-state index is 14.6. The van der Waals surface area contributed by atoms with E-state index in [2.05, 4.69) is 0 Å². The molecule has 0 aliphatic carbocycles. The zero-order chi connectivity index (χ0) is 22.8. The Morgan fingerprint density at radius 3 is 1.88 bits per heavy atom. The average molecular weight is 441 g/mol. The molecule has 170 valence electrons. The Balaban J connectivity index is 1.65. The molecule has 3 nitrogen and oxygen atoms in total. The number of hydrogen-bond donors (Lipinski definition) is 0. The van der Waals surface area contributed by atoms with Crippen molar-refractivity contribution in [2.75, 3.05) is 26.9 Å². The molecule has 32 heavy (non-hydrogen) atoms. The van der Waals surface area contributed by atoms with E-state index < -0.39 is 11.6 Å². The van der Waals surface area contributed by atoms with Gasteiger partial charge in [0, 0.05) is 19.3 Å². The van der Waals surface area contributed by atoms with Crippen LogP contribution in [0.1, 0.15) is 32.6 Å². The molecule has 0 aliphatic heterocycles. The van der Waals surface area contributed by atoms with E-state index in [0.717, 1.165) is 49.2 Å². The summed E-state index contributed by atoms with van der Waals surface area (Å²) in [5, 5.41) is 0. The van der Waals surface area contributed by atoms with Crippen molar-refractivity contribution in [3.05, 3.63) is 72.3 Å². The smallest absolute Gasteiger partial charge is 0.201 e. The number of unbranched alkanes of at least 4 members (excludes halogenated alkanes) is 2. The fourth-order valence-corrected chi connectivity index (χ4v) is 3.32. The highest BCUT2D eigenvalue weighted by Gasteiger charge is 2.16. The average Bonchev–Trinajstić information content (AvgIpc) is 2.82. The van der Waals surface area contributed by atoms with Crippen LogP contribution in [0.3, 0.4) is 0 Å². The van der Waals surface area contributed by atoms with Crippen molar-refractivity contribution in [1.29, 1.82) is 0 Å². The molecular weight excluding hydrogens is 410 g/mol. The van der Waals surface area contributed by atoms with Gasteiger partial charge in [-0.1, -0.05) is 49.7 Å². The molecule has 0 N–H and O–H groups in total. The van der Waals surface area contributed by atoms with Gasteiger partial charge in [0.2, 0.25) is 5.82 Å². The molecule has 0 heterocycles. The Kier molecular flexibility index (Phi) is 9.05. The molecule has 0 aromatic heterocycles. The molecule has 0 aliphatic rings. The van der Waals surface area contributed by atoms with Crippen LogP contribution >= 0.6 is 0 Å². The third-order valence-electron chi connectivity index (χ3n) is 5.20. The molecule has 0 saturated heterocycles. The first-order valence-corrected chi connectivity index (χ1v) is 11.1. The number of halogens is 2. The van der Waals surface area contributed by atoms with Gasteiger partial charge in [-0.25, -0.2) is 4.39 Å². The number of hydrogen-bond acceptors (Lipinski definition) is 3. The highest BCUT2D eigenvalue weighted by molar-refractivity contribution is 5.71. The third-order valence-corrected chi connectivity index (χ3v) is 5.20. The summed E-state index contributed by atoms with van der Waals surface area (Å²) in [5.74, 6) is -1.06. The van der Waals surface area contributed by atoms with Gasteiger partial charge in [-0.05, 0) is 60.2 Å². The molecule has 0 fully saturated rings. The molecule has 3 aromatic rings. The van der Waals surface area contributed by atoms with Crippen LogP contribution in [0.5, 0.6) is 11.5 Å². The van der Waals surface area contributed by atoms with Crippen molar-refractivity contribution in [2.24, 2.45) is 0 Å². The largest absolute Gasteiger partial charge is 0.494 e. The van der Waals surface area contributed by atoms with E-state index in [1.807, 2.05) is 43.3 Å². The van der Waals surface area contributed by atoms with Crippen LogP contribution in [0.2, 0.25) is 0 Å². The molecule has 0 amide bonds. The molecule has 0 radical (unpaired) electrons. The summed E-state index contributed by atoms with van der Waals surface area (Å²) in [7, 11) is 1.70. The number of methoxy groups -OCH3 is 1. The molecule has 0 unspecified atom stereocenters. The number of rotatable bonds is 12. The molecular formula is C27H30F2O3. The van der Waals surface area contributed by atoms with E-state index in [1.165, 1.54) is 6.07 Å². The van der Waals surface area contributed by atoms with Gasteiger partial charge in [0.25, 0.3) is 0 Å². The maximum Gasteiger partial charge on any atom is 0.201 e. The van der Waals surface area contributed by atoms with E-state index in [0.29, 0.717) is 18.8 Å². The monoisotopic (exact) mass is 440 g/mol. The lowest BCUT2D eigenvalue weighted by Crippen LogP contribution is -2.01. The van der Waals surface area contributed by atoms with Crippen LogP contribution in [-0.4, -0.2) is 26.9 Å². The molecule has 0 atom stereocenters. The highest BCUT2D eigenvalue weighted by atomic mass is 19.2. The van der Waals surface area contributed by atoms with Crippen molar-refractivity contribution in [3.63, 3.8) is 0 Å². The molecule has 0 spiro atoms. The first-order valence-electron chi connectivity index (χ1n) is 11.1. The lowest BCUT2D eigenvalue weighted by Gasteiger charge is -2.11. The second kappa shape index (κ2) is 12.2. The lowest BCUT2D eigenvalue weighted by atomic mass is 9.99. The fraction of sp³-hybridized carbons (Fsp3) is 0.333. The van der Waals surface area contributed by atoms with Crippen molar-refractivity contribution in [1.82, 2.24) is 0 Å². The van der Waals surface area contributed by atoms with Gasteiger partial charge in [-0.2, -0.15) is 4.39 Å². The summed E-state index contributed by atoms with van der Waals surface area (Å²) in [6.07, 6.45) is 3.64. The number of ether oxygens (including phenoxy) is 3. The van der Waals surface area contributed by atoms with Gasteiger partial charge in [-0.15, -0.1) is 0 Å². The molecule has 5 heteroatoms. The SMILES string of the molecule is CCCCOc1ccc(-c2ccc(-c3ccc(OCCCCOC)cc3)cc2)c(F)c1F. The van der Waals surface area contributed by atoms with E-state index in [1.54, 1.807) is 25.3 Å². The van der Waals surface area contributed by atoms with E-state index in [-0.39, 0.29) is 11.3 Å². The van der Waals surface area contributed by atoms with Crippen LogP contribution in [0.4, 0.5) is 8.78 Å². The lowest BCUT2D eigenvalue weighted by molar-refractivity contribution is 0.184. The summed E-state index contributed by atoms with van der Waals surface area (Å²) in [5.41, 5.74) is 2.84. The minimum atomic E-state index is -0.944. The second-order valence-electron chi connectivity index (χ2n) is 7.59. The summed E-state index contributed by atoms with van der Waals surface area (Å²) in [6.45, 7) is 3.78. The van der Waals surface area contributed by atoms with E-state index in [9.17, 15) is 8.78 Å². The highest BCUT2D eigenvalue weighted by Crippen LogP contribution is 2.32. The van der Waals surface area contributed by atoms with Crippen LogP contribution < -0.4 is 9.47 Å².